The zero-order chi connectivity index (χ0) is 9.60. The normalized spacial score (nSPS) is 27.2. The third-order valence-corrected chi connectivity index (χ3v) is 3.19. The summed E-state index contributed by atoms with van der Waals surface area (Å²) in [5.74, 6) is 0.392. The van der Waals surface area contributed by atoms with E-state index in [0.717, 1.165) is 18.6 Å². The quantitative estimate of drug-likeness (QED) is 0.662. The van der Waals surface area contributed by atoms with Gasteiger partial charge in [-0.15, -0.1) is 0 Å². The molecule has 3 rings (SSSR count). The van der Waals surface area contributed by atoms with Gasteiger partial charge in [-0.05, 0) is 25.3 Å². The Morgan fingerprint density at radius 2 is 2.00 bits per heavy atom. The molecule has 0 amide bonds. The smallest absolute Gasteiger partial charge is 0.150 e. The second kappa shape index (κ2) is 2.59. The van der Waals surface area contributed by atoms with E-state index in [0.29, 0.717) is 5.92 Å². The van der Waals surface area contributed by atoms with Crippen molar-refractivity contribution in [1.29, 1.82) is 0 Å². The summed E-state index contributed by atoms with van der Waals surface area (Å²) in [4.78, 5) is 5.52. The Labute approximate surface area is 83.6 Å². The molecule has 0 bridgehead atoms. The Hall–Kier alpha value is -1.31. The summed E-state index contributed by atoms with van der Waals surface area (Å²) in [5.41, 5.74) is 2.49. The van der Waals surface area contributed by atoms with Crippen LogP contribution >= 0.6 is 0 Å². The van der Waals surface area contributed by atoms with Crippen LogP contribution in [0.4, 0.5) is 0 Å². The van der Waals surface area contributed by atoms with Crippen molar-refractivity contribution in [2.45, 2.75) is 31.3 Å². The van der Waals surface area contributed by atoms with E-state index < -0.39 is 0 Å². The molecular weight excluding hydrogens is 174 g/mol. The molecule has 1 aliphatic heterocycles. The highest BCUT2D eigenvalue weighted by Crippen LogP contribution is 2.54. The van der Waals surface area contributed by atoms with Crippen molar-refractivity contribution >= 4 is 5.71 Å². The molecule has 0 radical (unpaired) electrons. The zero-order valence-electron chi connectivity index (χ0n) is 8.23. The van der Waals surface area contributed by atoms with Gasteiger partial charge in [-0.2, -0.15) is 0 Å². The second-order valence-electron chi connectivity index (χ2n) is 4.23. The minimum absolute atomic E-state index is 0.0332. The maximum atomic E-state index is 5.52. The number of nitrogens with zero attached hydrogens (tertiary/aromatic N) is 1. The first-order valence-corrected chi connectivity index (χ1v) is 5.09. The van der Waals surface area contributed by atoms with Crippen molar-refractivity contribution in [3.05, 3.63) is 35.9 Å². The van der Waals surface area contributed by atoms with Gasteiger partial charge in [0.15, 0.2) is 0 Å². The summed E-state index contributed by atoms with van der Waals surface area (Å²) in [7, 11) is 0. The molecule has 14 heavy (non-hydrogen) atoms. The second-order valence-corrected chi connectivity index (χ2v) is 4.23. The number of hydrogen-bond donors (Lipinski definition) is 0. The lowest BCUT2D eigenvalue weighted by atomic mass is 9.88. The molecule has 1 spiro atoms. The van der Waals surface area contributed by atoms with E-state index >= 15 is 0 Å². The van der Waals surface area contributed by atoms with Crippen molar-refractivity contribution in [2.24, 2.45) is 5.16 Å². The van der Waals surface area contributed by atoms with Crippen LogP contribution in [0.5, 0.6) is 0 Å². The summed E-state index contributed by atoms with van der Waals surface area (Å²) in [6.07, 6.45) is 2.29. The highest BCUT2D eigenvalue weighted by molar-refractivity contribution is 5.91. The number of rotatable bonds is 1. The molecule has 1 heterocycles. The third kappa shape index (κ3) is 0.999. The van der Waals surface area contributed by atoms with E-state index in [4.69, 9.17) is 4.84 Å². The first kappa shape index (κ1) is 8.04. The van der Waals surface area contributed by atoms with Crippen LogP contribution in [0.2, 0.25) is 0 Å². The zero-order valence-corrected chi connectivity index (χ0v) is 8.23. The topological polar surface area (TPSA) is 21.6 Å². The predicted octanol–water partition coefficient (Wildman–Crippen LogP) is 2.71. The summed E-state index contributed by atoms with van der Waals surface area (Å²) < 4.78 is 0. The first-order valence-electron chi connectivity index (χ1n) is 5.09. The van der Waals surface area contributed by atoms with Gasteiger partial charge >= 0.3 is 0 Å². The van der Waals surface area contributed by atoms with Gasteiger partial charge < -0.3 is 4.84 Å². The van der Waals surface area contributed by atoms with Crippen molar-refractivity contribution in [1.82, 2.24) is 0 Å². The molecule has 1 atom stereocenters. The van der Waals surface area contributed by atoms with Gasteiger partial charge in [0, 0.05) is 0 Å². The summed E-state index contributed by atoms with van der Waals surface area (Å²) in [6, 6.07) is 10.5. The molecule has 1 aromatic rings. The van der Waals surface area contributed by atoms with E-state index in [9.17, 15) is 0 Å². The molecule has 2 nitrogen and oxygen atoms in total. The van der Waals surface area contributed by atoms with Crippen LogP contribution in [-0.4, -0.2) is 11.3 Å². The van der Waals surface area contributed by atoms with E-state index in [1.807, 2.05) is 6.07 Å². The predicted molar refractivity (Wildman–Crippen MR) is 55.3 cm³/mol. The molecule has 1 unspecified atom stereocenters. The average Bonchev–Trinajstić information content (AvgIpc) is 2.90. The third-order valence-electron chi connectivity index (χ3n) is 3.19. The highest BCUT2D eigenvalue weighted by atomic mass is 16.7. The lowest BCUT2D eigenvalue weighted by Gasteiger charge is -2.16. The SMILES string of the molecule is CC1=NOC2(CC2)C1c1ccccc1. The van der Waals surface area contributed by atoms with E-state index in [2.05, 4.69) is 36.3 Å². The molecule has 2 heteroatoms. The van der Waals surface area contributed by atoms with Gasteiger partial charge in [0.1, 0.15) is 5.60 Å². The summed E-state index contributed by atoms with van der Waals surface area (Å²) >= 11 is 0. The van der Waals surface area contributed by atoms with Crippen LogP contribution < -0.4 is 0 Å². The Morgan fingerprint density at radius 1 is 1.29 bits per heavy atom. The Bertz CT molecular complexity index is 379. The van der Waals surface area contributed by atoms with Gasteiger partial charge in [0.2, 0.25) is 0 Å². The van der Waals surface area contributed by atoms with Crippen LogP contribution in [0.25, 0.3) is 0 Å². The van der Waals surface area contributed by atoms with E-state index in [1.54, 1.807) is 0 Å². The Morgan fingerprint density at radius 3 is 2.64 bits per heavy atom. The fourth-order valence-electron chi connectivity index (χ4n) is 2.34. The molecule has 1 aromatic carbocycles. The van der Waals surface area contributed by atoms with Crippen molar-refractivity contribution in [2.75, 3.05) is 0 Å². The molecule has 72 valence electrons. The van der Waals surface area contributed by atoms with Gasteiger partial charge in [-0.3, -0.25) is 0 Å². The fourth-order valence-corrected chi connectivity index (χ4v) is 2.34. The first-order chi connectivity index (χ1) is 6.82. The minimum Gasteiger partial charge on any atom is -0.388 e. The average molecular weight is 187 g/mol. The van der Waals surface area contributed by atoms with E-state index in [1.165, 1.54) is 5.56 Å². The van der Waals surface area contributed by atoms with Gasteiger partial charge in [0.25, 0.3) is 0 Å². The summed E-state index contributed by atoms with van der Waals surface area (Å²) in [6.45, 7) is 2.06. The lowest BCUT2D eigenvalue weighted by molar-refractivity contribution is 0.0552. The molecule has 1 fully saturated rings. The Kier molecular flexibility index (Phi) is 1.49. The van der Waals surface area contributed by atoms with Gasteiger partial charge in [-0.25, -0.2) is 0 Å². The Balaban J connectivity index is 2.01. The molecular formula is C12H13NO. The molecule has 1 saturated carbocycles. The summed E-state index contributed by atoms with van der Waals surface area (Å²) in [5, 5.41) is 4.13. The fraction of sp³-hybridized carbons (Fsp3) is 0.417. The number of hydrogen-bond acceptors (Lipinski definition) is 2. The van der Waals surface area contributed by atoms with Crippen LogP contribution in [0.3, 0.4) is 0 Å². The molecule has 2 aliphatic rings. The monoisotopic (exact) mass is 187 g/mol. The standard InChI is InChI=1S/C12H13NO/c1-9-11(10-5-3-2-4-6-10)12(7-8-12)14-13-9/h2-6,11H,7-8H2,1H3. The van der Waals surface area contributed by atoms with Crippen LogP contribution in [0, 0.1) is 0 Å². The molecule has 0 aromatic heterocycles. The molecule has 1 aliphatic carbocycles. The highest BCUT2D eigenvalue weighted by Gasteiger charge is 2.57. The molecule has 0 N–H and O–H groups in total. The van der Waals surface area contributed by atoms with Gasteiger partial charge in [-0.1, -0.05) is 35.5 Å². The van der Waals surface area contributed by atoms with Crippen LogP contribution in [0.1, 0.15) is 31.2 Å². The minimum atomic E-state index is 0.0332. The van der Waals surface area contributed by atoms with Crippen molar-refractivity contribution in [3.63, 3.8) is 0 Å². The van der Waals surface area contributed by atoms with Crippen molar-refractivity contribution < 1.29 is 4.84 Å². The maximum absolute atomic E-state index is 5.52. The largest absolute Gasteiger partial charge is 0.388 e. The van der Waals surface area contributed by atoms with Crippen LogP contribution in [-0.2, 0) is 4.84 Å². The maximum Gasteiger partial charge on any atom is 0.150 e. The van der Waals surface area contributed by atoms with Crippen molar-refractivity contribution in [3.8, 4) is 0 Å². The number of oxime groups is 1. The van der Waals surface area contributed by atoms with E-state index in [-0.39, 0.29) is 5.60 Å². The molecule has 0 saturated heterocycles. The van der Waals surface area contributed by atoms with Gasteiger partial charge in [0.05, 0.1) is 11.6 Å². The van der Waals surface area contributed by atoms with Crippen LogP contribution in [0.15, 0.2) is 35.5 Å². The lowest BCUT2D eigenvalue weighted by Crippen LogP contribution is -2.21. The number of benzene rings is 1.